The van der Waals surface area contributed by atoms with E-state index >= 15 is 0 Å². The molecule has 1 aromatic heterocycles. The van der Waals surface area contributed by atoms with Gasteiger partial charge in [0.25, 0.3) is 5.91 Å². The molecule has 4 rings (SSSR count). The molecule has 1 aliphatic heterocycles. The summed E-state index contributed by atoms with van der Waals surface area (Å²) in [6.07, 6.45) is 4.29. The van der Waals surface area contributed by atoms with Gasteiger partial charge in [-0.25, -0.2) is 9.37 Å². The Morgan fingerprint density at radius 3 is 3.00 bits per heavy atom. The van der Waals surface area contributed by atoms with Crippen LogP contribution < -0.4 is 0 Å². The highest BCUT2D eigenvalue weighted by molar-refractivity contribution is 5.92. The van der Waals surface area contributed by atoms with Gasteiger partial charge in [-0.15, -0.1) is 0 Å². The number of hydrogen-bond acceptors (Lipinski definition) is 4. The highest BCUT2D eigenvalue weighted by Gasteiger charge is 2.37. The zero-order valence-corrected chi connectivity index (χ0v) is 13.2. The molecular formula is C18H19FN2O3. The lowest BCUT2D eigenvalue weighted by Gasteiger charge is -2.23. The monoisotopic (exact) mass is 330 g/mol. The number of aromatic nitrogens is 1. The van der Waals surface area contributed by atoms with Crippen molar-refractivity contribution in [1.29, 1.82) is 0 Å². The van der Waals surface area contributed by atoms with Crippen LogP contribution in [0, 0.1) is 11.7 Å². The molecule has 1 aliphatic carbocycles. The van der Waals surface area contributed by atoms with E-state index in [0.717, 1.165) is 6.42 Å². The normalized spacial score (nSPS) is 23.7. The van der Waals surface area contributed by atoms with Crippen molar-refractivity contribution >= 4 is 5.91 Å². The van der Waals surface area contributed by atoms with Gasteiger partial charge in [0.2, 0.25) is 0 Å². The molecule has 1 saturated heterocycles. The smallest absolute Gasteiger partial charge is 0.276 e. The van der Waals surface area contributed by atoms with Crippen LogP contribution in [0.5, 0.6) is 0 Å². The molecule has 6 heteroatoms. The van der Waals surface area contributed by atoms with Crippen LogP contribution in [0.25, 0.3) is 0 Å². The van der Waals surface area contributed by atoms with Gasteiger partial charge in [-0.3, -0.25) is 4.79 Å². The molecule has 0 unspecified atom stereocenters. The Morgan fingerprint density at radius 2 is 2.25 bits per heavy atom. The number of aliphatic hydroxyl groups excluding tert-OH is 1. The van der Waals surface area contributed by atoms with Gasteiger partial charge in [-0.2, -0.15) is 0 Å². The van der Waals surface area contributed by atoms with Crippen LogP contribution in [0.2, 0.25) is 0 Å². The van der Waals surface area contributed by atoms with E-state index in [1.54, 1.807) is 17.0 Å². The maximum Gasteiger partial charge on any atom is 0.276 e. The van der Waals surface area contributed by atoms with Crippen molar-refractivity contribution in [1.82, 2.24) is 9.88 Å². The number of carbonyl (C=O) groups is 1. The van der Waals surface area contributed by atoms with Crippen molar-refractivity contribution in [2.45, 2.75) is 37.8 Å². The van der Waals surface area contributed by atoms with Crippen molar-refractivity contribution in [3.8, 4) is 0 Å². The van der Waals surface area contributed by atoms with Crippen molar-refractivity contribution in [3.63, 3.8) is 0 Å². The number of halogens is 1. The van der Waals surface area contributed by atoms with Gasteiger partial charge in [0.1, 0.15) is 12.1 Å². The van der Waals surface area contributed by atoms with Gasteiger partial charge < -0.3 is 14.4 Å². The Hall–Kier alpha value is -2.21. The first kappa shape index (κ1) is 15.3. The summed E-state index contributed by atoms with van der Waals surface area (Å²) in [5, 5.41) is 10.00. The summed E-state index contributed by atoms with van der Waals surface area (Å²) < 4.78 is 18.9. The first-order valence-corrected chi connectivity index (χ1v) is 8.29. The molecule has 24 heavy (non-hydrogen) atoms. The maximum absolute atomic E-state index is 13.5. The topological polar surface area (TPSA) is 66.6 Å². The second-order valence-corrected chi connectivity index (χ2v) is 6.69. The molecule has 0 bridgehead atoms. The summed E-state index contributed by atoms with van der Waals surface area (Å²) in [6, 6.07) is 5.80. The quantitative estimate of drug-likeness (QED) is 0.936. The van der Waals surface area contributed by atoms with E-state index < -0.39 is 6.10 Å². The van der Waals surface area contributed by atoms with E-state index in [9.17, 15) is 14.3 Å². The molecule has 0 radical (unpaired) electrons. The lowest BCUT2D eigenvalue weighted by Crippen LogP contribution is -2.32. The molecule has 1 N–H and O–H groups in total. The minimum Gasteiger partial charge on any atom is -0.448 e. The molecule has 2 aromatic rings. The molecule has 2 aliphatic rings. The van der Waals surface area contributed by atoms with Crippen LogP contribution in [-0.2, 0) is 6.42 Å². The van der Waals surface area contributed by atoms with E-state index in [1.807, 2.05) is 0 Å². The predicted molar refractivity (Wildman–Crippen MR) is 83.7 cm³/mol. The molecule has 1 aromatic carbocycles. The SMILES string of the molecule is O=C(c1coc(CC2CC2)n1)N1C[C@@H](O)C[C@@H]1c1cccc(F)c1. The van der Waals surface area contributed by atoms with Gasteiger partial charge in [-0.1, -0.05) is 12.1 Å². The summed E-state index contributed by atoms with van der Waals surface area (Å²) in [6.45, 7) is 0.213. The average Bonchev–Trinajstić information content (AvgIpc) is 3.09. The molecule has 1 saturated carbocycles. The number of amides is 1. The maximum atomic E-state index is 13.5. The van der Waals surface area contributed by atoms with Gasteiger partial charge in [-0.05, 0) is 42.9 Å². The molecule has 0 spiro atoms. The molecule has 5 nitrogen and oxygen atoms in total. The van der Waals surface area contributed by atoms with Crippen molar-refractivity contribution in [2.24, 2.45) is 5.92 Å². The summed E-state index contributed by atoms with van der Waals surface area (Å²) in [7, 11) is 0. The number of β-amino-alcohol motifs (C(OH)–C–C–N with tert-alkyl or cyclic N) is 1. The third-order valence-corrected chi connectivity index (χ3v) is 4.70. The fourth-order valence-electron chi connectivity index (χ4n) is 3.29. The third-order valence-electron chi connectivity index (χ3n) is 4.70. The number of hydrogen-bond donors (Lipinski definition) is 1. The second kappa shape index (κ2) is 6.02. The van der Waals surface area contributed by atoms with Gasteiger partial charge in [0, 0.05) is 13.0 Å². The Labute approximate surface area is 139 Å². The van der Waals surface area contributed by atoms with Crippen LogP contribution in [0.1, 0.15) is 47.2 Å². The van der Waals surface area contributed by atoms with Gasteiger partial charge >= 0.3 is 0 Å². The fraction of sp³-hybridized carbons (Fsp3) is 0.444. The minimum atomic E-state index is -0.625. The molecule has 1 amide bonds. The number of nitrogens with zero attached hydrogens (tertiary/aromatic N) is 2. The lowest BCUT2D eigenvalue weighted by molar-refractivity contribution is 0.0709. The number of oxazole rings is 1. The summed E-state index contributed by atoms with van der Waals surface area (Å²) in [4.78, 5) is 18.6. The van der Waals surface area contributed by atoms with E-state index in [4.69, 9.17) is 4.42 Å². The molecular weight excluding hydrogens is 311 g/mol. The first-order valence-electron chi connectivity index (χ1n) is 8.29. The molecule has 126 valence electrons. The summed E-state index contributed by atoms with van der Waals surface area (Å²) in [5.74, 6) is 0.573. The zero-order valence-electron chi connectivity index (χ0n) is 13.2. The van der Waals surface area contributed by atoms with Crippen molar-refractivity contribution in [2.75, 3.05) is 6.54 Å². The van der Waals surface area contributed by atoms with Crippen molar-refractivity contribution < 1.29 is 18.7 Å². The molecule has 2 atom stereocenters. The highest BCUT2D eigenvalue weighted by Crippen LogP contribution is 2.34. The second-order valence-electron chi connectivity index (χ2n) is 6.69. The number of rotatable bonds is 4. The summed E-state index contributed by atoms with van der Waals surface area (Å²) >= 11 is 0. The highest BCUT2D eigenvalue weighted by atomic mass is 19.1. The Balaban J connectivity index is 1.56. The van der Waals surface area contributed by atoms with E-state index in [1.165, 1.54) is 31.2 Å². The number of likely N-dealkylation sites (tertiary alicyclic amines) is 1. The van der Waals surface area contributed by atoms with Crippen LogP contribution >= 0.6 is 0 Å². The average molecular weight is 330 g/mol. The lowest BCUT2D eigenvalue weighted by atomic mass is 10.0. The van der Waals surface area contributed by atoms with Crippen molar-refractivity contribution in [3.05, 3.63) is 53.5 Å². The van der Waals surface area contributed by atoms with Crippen LogP contribution in [0.15, 0.2) is 34.9 Å². The minimum absolute atomic E-state index is 0.213. The van der Waals surface area contributed by atoms with E-state index in [0.29, 0.717) is 23.8 Å². The predicted octanol–water partition coefficient (Wildman–Crippen LogP) is 2.71. The van der Waals surface area contributed by atoms with Gasteiger partial charge in [0.15, 0.2) is 11.6 Å². The third kappa shape index (κ3) is 3.06. The fourth-order valence-corrected chi connectivity index (χ4v) is 3.29. The van der Waals surface area contributed by atoms with Crippen LogP contribution in [0.4, 0.5) is 4.39 Å². The summed E-state index contributed by atoms with van der Waals surface area (Å²) in [5.41, 5.74) is 0.933. The molecule has 2 fully saturated rings. The standard InChI is InChI=1S/C18H19FN2O3/c19-13-3-1-2-12(7-13)16-8-14(22)9-21(16)18(23)15-10-24-17(20-15)6-11-4-5-11/h1-3,7,10-11,14,16,22H,4-6,8-9H2/t14-,16+/m0/s1. The van der Waals surface area contributed by atoms with E-state index in [-0.39, 0.29) is 30.0 Å². The van der Waals surface area contributed by atoms with E-state index in [2.05, 4.69) is 4.98 Å². The van der Waals surface area contributed by atoms with Crippen LogP contribution in [0.3, 0.4) is 0 Å². The first-order chi connectivity index (χ1) is 11.6. The Kier molecular flexibility index (Phi) is 3.84. The molecule has 2 heterocycles. The number of benzene rings is 1. The Morgan fingerprint density at radius 1 is 1.42 bits per heavy atom. The Bertz CT molecular complexity index is 756. The number of carbonyl (C=O) groups excluding carboxylic acids is 1. The largest absolute Gasteiger partial charge is 0.448 e. The van der Waals surface area contributed by atoms with Gasteiger partial charge in [0.05, 0.1) is 12.1 Å². The van der Waals surface area contributed by atoms with Crippen LogP contribution in [-0.4, -0.2) is 33.5 Å². The zero-order chi connectivity index (χ0) is 16.7. The number of aliphatic hydroxyl groups is 1.